The third-order valence-corrected chi connectivity index (χ3v) is 8.32. The number of fused-ring (bicyclic) bond motifs is 1. The van der Waals surface area contributed by atoms with Gasteiger partial charge in [0.25, 0.3) is 0 Å². The minimum absolute atomic E-state index is 0.127. The van der Waals surface area contributed by atoms with E-state index in [4.69, 9.17) is 9.47 Å². The SMILES string of the molecule is Cn1cnnc1CC1(c2cccc(-n3cc4c(C(F)(F)F)cc(CN5CC6(CCO6)C5)cn4c3=O)c2)COC1. The third-order valence-electron chi connectivity index (χ3n) is 8.32. The second-order valence-electron chi connectivity index (χ2n) is 11.1. The summed E-state index contributed by atoms with van der Waals surface area (Å²) in [5, 5.41) is 8.16. The summed E-state index contributed by atoms with van der Waals surface area (Å²) in [7, 11) is 1.87. The highest BCUT2D eigenvalue weighted by Crippen LogP contribution is 2.39. The van der Waals surface area contributed by atoms with Gasteiger partial charge in [-0.05, 0) is 29.3 Å². The fourth-order valence-electron chi connectivity index (χ4n) is 6.00. The molecule has 0 aliphatic carbocycles. The van der Waals surface area contributed by atoms with Crippen molar-refractivity contribution in [1.29, 1.82) is 0 Å². The third kappa shape index (κ3) is 4.00. The summed E-state index contributed by atoms with van der Waals surface area (Å²) < 4.78 is 57.9. The van der Waals surface area contributed by atoms with Gasteiger partial charge in [0.2, 0.25) is 0 Å². The van der Waals surface area contributed by atoms with E-state index < -0.39 is 17.4 Å². The van der Waals surface area contributed by atoms with Crippen LogP contribution in [0.25, 0.3) is 11.2 Å². The quantitative estimate of drug-likeness (QED) is 0.374. The summed E-state index contributed by atoms with van der Waals surface area (Å²) in [6.07, 6.45) is 1.39. The molecule has 0 bridgehead atoms. The lowest BCUT2D eigenvalue weighted by Crippen LogP contribution is -2.67. The summed E-state index contributed by atoms with van der Waals surface area (Å²) in [6.45, 7) is 3.38. The molecule has 3 aromatic heterocycles. The van der Waals surface area contributed by atoms with Crippen molar-refractivity contribution in [3.8, 4) is 5.69 Å². The molecule has 9 nitrogen and oxygen atoms in total. The first-order valence-electron chi connectivity index (χ1n) is 12.9. The molecule has 1 spiro atoms. The van der Waals surface area contributed by atoms with Crippen molar-refractivity contribution in [2.75, 3.05) is 32.9 Å². The maximum Gasteiger partial charge on any atom is 0.418 e. The lowest BCUT2D eigenvalue weighted by Gasteiger charge is -2.55. The molecular formula is C27H27F3N6O3. The van der Waals surface area contributed by atoms with Crippen LogP contribution in [0.3, 0.4) is 0 Å². The Bertz CT molecular complexity index is 1620. The minimum Gasteiger partial charge on any atom is -0.379 e. The zero-order chi connectivity index (χ0) is 27.0. The van der Waals surface area contributed by atoms with Crippen LogP contribution in [0.2, 0.25) is 0 Å². The Kier molecular flexibility index (Phi) is 5.36. The number of rotatable bonds is 6. The van der Waals surface area contributed by atoms with Crippen LogP contribution in [-0.4, -0.2) is 67.1 Å². The van der Waals surface area contributed by atoms with Gasteiger partial charge in [0.15, 0.2) is 0 Å². The van der Waals surface area contributed by atoms with Crippen LogP contribution in [-0.2, 0) is 41.1 Å². The van der Waals surface area contributed by atoms with E-state index in [-0.39, 0.29) is 16.5 Å². The van der Waals surface area contributed by atoms with Crippen LogP contribution in [0.1, 0.15) is 28.9 Å². The molecule has 4 aromatic rings. The number of imidazole rings is 1. The van der Waals surface area contributed by atoms with Crippen molar-refractivity contribution in [2.24, 2.45) is 7.05 Å². The van der Waals surface area contributed by atoms with E-state index in [1.165, 1.54) is 17.0 Å². The molecule has 1 aromatic carbocycles. The Morgan fingerprint density at radius 2 is 1.92 bits per heavy atom. The van der Waals surface area contributed by atoms with Crippen LogP contribution < -0.4 is 5.69 Å². The number of halogens is 3. The van der Waals surface area contributed by atoms with Gasteiger partial charge in [-0.3, -0.25) is 13.9 Å². The standard InChI is InChI=1S/C27H27F3N6O3/c1-33-17-31-32-23(33)9-25(15-38-16-25)19-3-2-4-20(8-19)35-12-22-21(27(28,29)30)7-18(11-36(22)24(35)37)10-34-13-26(14-34)5-6-39-26/h2-4,7-8,11-12,17H,5-6,9-10,13-16H2,1H3. The number of aryl methyl sites for hydroxylation is 1. The molecular weight excluding hydrogens is 513 g/mol. The second kappa shape index (κ2) is 8.51. The van der Waals surface area contributed by atoms with E-state index in [0.29, 0.717) is 50.5 Å². The lowest BCUT2D eigenvalue weighted by atomic mass is 9.75. The largest absolute Gasteiger partial charge is 0.418 e. The van der Waals surface area contributed by atoms with Gasteiger partial charge in [0, 0.05) is 57.3 Å². The van der Waals surface area contributed by atoms with Crippen LogP contribution in [0.15, 0.2) is 53.8 Å². The van der Waals surface area contributed by atoms with Crippen LogP contribution >= 0.6 is 0 Å². The van der Waals surface area contributed by atoms with Gasteiger partial charge in [0.1, 0.15) is 12.2 Å². The molecule has 0 N–H and O–H groups in total. The van der Waals surface area contributed by atoms with E-state index in [1.54, 1.807) is 12.4 Å². The van der Waals surface area contributed by atoms with Crippen molar-refractivity contribution < 1.29 is 22.6 Å². The highest BCUT2D eigenvalue weighted by atomic mass is 19.4. The molecule has 3 aliphatic rings. The Morgan fingerprint density at radius 3 is 2.54 bits per heavy atom. The fourth-order valence-corrected chi connectivity index (χ4v) is 6.00. The number of aromatic nitrogens is 5. The van der Waals surface area contributed by atoms with Crippen LogP contribution in [0.5, 0.6) is 0 Å². The summed E-state index contributed by atoms with van der Waals surface area (Å²) in [5.74, 6) is 0.801. The molecule has 39 heavy (non-hydrogen) atoms. The maximum absolute atomic E-state index is 14.2. The molecule has 0 amide bonds. The average Bonchev–Trinajstić information content (AvgIpc) is 3.38. The van der Waals surface area contributed by atoms with Gasteiger partial charge >= 0.3 is 11.9 Å². The summed E-state index contributed by atoms with van der Waals surface area (Å²) >= 11 is 0. The van der Waals surface area contributed by atoms with E-state index in [1.807, 2.05) is 34.7 Å². The van der Waals surface area contributed by atoms with E-state index in [0.717, 1.165) is 34.9 Å². The van der Waals surface area contributed by atoms with Gasteiger partial charge < -0.3 is 14.0 Å². The van der Waals surface area contributed by atoms with E-state index in [9.17, 15) is 18.0 Å². The molecule has 3 aliphatic heterocycles. The Labute approximate surface area is 221 Å². The molecule has 3 saturated heterocycles. The van der Waals surface area contributed by atoms with E-state index >= 15 is 0 Å². The zero-order valence-electron chi connectivity index (χ0n) is 21.3. The van der Waals surface area contributed by atoms with Gasteiger partial charge in [-0.1, -0.05) is 12.1 Å². The number of likely N-dealkylation sites (tertiary alicyclic amines) is 1. The first kappa shape index (κ1) is 24.6. The van der Waals surface area contributed by atoms with Crippen molar-refractivity contribution in [1.82, 2.24) is 28.6 Å². The number of benzene rings is 1. The first-order valence-corrected chi connectivity index (χ1v) is 12.9. The normalized spacial score (nSPS) is 20.1. The summed E-state index contributed by atoms with van der Waals surface area (Å²) in [6, 6.07) is 8.50. The monoisotopic (exact) mass is 540 g/mol. The highest BCUT2D eigenvalue weighted by Gasteiger charge is 2.49. The highest BCUT2D eigenvalue weighted by molar-refractivity contribution is 5.58. The first-order chi connectivity index (χ1) is 18.6. The van der Waals surface area contributed by atoms with Crippen molar-refractivity contribution in [2.45, 2.75) is 36.6 Å². The molecule has 204 valence electrons. The number of pyridine rings is 1. The van der Waals surface area contributed by atoms with Crippen LogP contribution in [0, 0.1) is 0 Å². The molecule has 12 heteroatoms. The molecule has 0 unspecified atom stereocenters. The molecule has 0 atom stereocenters. The average molecular weight is 541 g/mol. The summed E-state index contributed by atoms with van der Waals surface area (Å²) in [4.78, 5) is 15.6. The van der Waals surface area contributed by atoms with Gasteiger partial charge in [0.05, 0.1) is 42.2 Å². The molecule has 3 fully saturated rings. The topological polar surface area (TPSA) is 78.8 Å². The second-order valence-corrected chi connectivity index (χ2v) is 11.1. The smallest absolute Gasteiger partial charge is 0.379 e. The zero-order valence-corrected chi connectivity index (χ0v) is 21.3. The fraction of sp³-hybridized carbons (Fsp3) is 0.444. The Balaban J connectivity index is 1.25. The molecule has 0 radical (unpaired) electrons. The van der Waals surface area contributed by atoms with Crippen molar-refractivity contribution >= 4 is 5.52 Å². The Hall–Kier alpha value is -3.48. The predicted octanol–water partition coefficient (Wildman–Crippen LogP) is 2.72. The maximum atomic E-state index is 14.2. The van der Waals surface area contributed by atoms with Crippen molar-refractivity contribution in [3.05, 3.63) is 82.1 Å². The predicted molar refractivity (Wildman–Crippen MR) is 134 cm³/mol. The number of ether oxygens (including phenoxy) is 2. The summed E-state index contributed by atoms with van der Waals surface area (Å²) in [5.41, 5.74) is -0.181. The van der Waals surface area contributed by atoms with E-state index in [2.05, 4.69) is 10.2 Å². The van der Waals surface area contributed by atoms with Gasteiger partial charge in [-0.2, -0.15) is 13.2 Å². The minimum atomic E-state index is -4.61. The van der Waals surface area contributed by atoms with Gasteiger partial charge in [-0.25, -0.2) is 4.79 Å². The molecule has 0 saturated carbocycles. The number of nitrogens with zero attached hydrogens (tertiary/aromatic N) is 6. The molecule has 7 rings (SSSR count). The van der Waals surface area contributed by atoms with Crippen molar-refractivity contribution in [3.63, 3.8) is 0 Å². The Morgan fingerprint density at radius 1 is 1.13 bits per heavy atom. The van der Waals surface area contributed by atoms with Crippen LogP contribution in [0.4, 0.5) is 13.2 Å². The lowest BCUT2D eigenvalue weighted by molar-refractivity contribution is -0.223. The number of hydrogen-bond acceptors (Lipinski definition) is 6. The molecule has 6 heterocycles. The van der Waals surface area contributed by atoms with Gasteiger partial charge in [-0.15, -0.1) is 10.2 Å². The number of hydrogen-bond donors (Lipinski definition) is 0. The number of alkyl halides is 3.